The second-order valence-electron chi connectivity index (χ2n) is 4.00. The predicted octanol–water partition coefficient (Wildman–Crippen LogP) is 0.831. The van der Waals surface area contributed by atoms with Gasteiger partial charge in [0.15, 0.2) is 5.82 Å². The predicted molar refractivity (Wildman–Crippen MR) is 70.8 cm³/mol. The zero-order chi connectivity index (χ0) is 14.1. The fourth-order valence-electron chi connectivity index (χ4n) is 1.79. The number of nitrogen functional groups attached to an aromatic ring is 1. The molecule has 8 nitrogen and oxygen atoms in total. The van der Waals surface area contributed by atoms with Gasteiger partial charge in [-0.3, -0.25) is 0 Å². The van der Waals surface area contributed by atoms with Crippen molar-refractivity contribution in [1.29, 1.82) is 0 Å². The van der Waals surface area contributed by atoms with E-state index in [2.05, 4.69) is 15.2 Å². The summed E-state index contributed by atoms with van der Waals surface area (Å²) in [6.07, 6.45) is 0.483. The topological polar surface area (TPSA) is 121 Å². The van der Waals surface area contributed by atoms with Crippen LogP contribution in [0.4, 0.5) is 10.6 Å². The number of hydrogen-bond donors (Lipinski definition) is 2. The number of amides is 1. The molecule has 3 rings (SSSR count). The van der Waals surface area contributed by atoms with E-state index in [9.17, 15) is 4.79 Å². The van der Waals surface area contributed by atoms with E-state index >= 15 is 0 Å². The lowest BCUT2D eigenvalue weighted by atomic mass is 10.1. The van der Waals surface area contributed by atoms with Gasteiger partial charge in [0.2, 0.25) is 0 Å². The summed E-state index contributed by atoms with van der Waals surface area (Å²) in [6, 6.07) is 8.53. The summed E-state index contributed by atoms with van der Waals surface area (Å²) >= 11 is 0. The molecular weight excluding hydrogens is 260 g/mol. The molecule has 2 heterocycles. The molecule has 0 fully saturated rings. The Bertz CT molecular complexity index is 780. The fourth-order valence-corrected chi connectivity index (χ4v) is 1.79. The molecule has 0 atom stereocenters. The smallest absolute Gasteiger partial charge is 0.409 e. The minimum absolute atomic E-state index is 0.354. The first kappa shape index (κ1) is 11.9. The van der Waals surface area contributed by atoms with Gasteiger partial charge in [0.05, 0.1) is 5.69 Å². The average Bonchev–Trinajstić information content (AvgIpc) is 2.84. The summed E-state index contributed by atoms with van der Waals surface area (Å²) in [6.45, 7) is 0. The van der Waals surface area contributed by atoms with Crippen LogP contribution in [0, 0.1) is 0 Å². The van der Waals surface area contributed by atoms with Crippen molar-refractivity contribution in [2.45, 2.75) is 0 Å². The van der Waals surface area contributed by atoms with E-state index in [1.54, 1.807) is 30.3 Å². The van der Waals surface area contributed by atoms with Crippen LogP contribution in [0.15, 0.2) is 36.7 Å². The van der Waals surface area contributed by atoms with Crippen molar-refractivity contribution in [3.05, 3.63) is 36.7 Å². The normalized spacial score (nSPS) is 10.6. The number of benzene rings is 1. The fraction of sp³-hybridized carbons (Fsp3) is 0. The molecule has 8 heteroatoms. The third-order valence-electron chi connectivity index (χ3n) is 2.68. The van der Waals surface area contributed by atoms with E-state index in [0.717, 1.165) is 5.56 Å². The summed E-state index contributed by atoms with van der Waals surface area (Å²) in [7, 11) is 0. The Hall–Kier alpha value is -3.16. The van der Waals surface area contributed by atoms with Crippen molar-refractivity contribution in [1.82, 2.24) is 19.8 Å². The highest BCUT2D eigenvalue weighted by atomic mass is 16.5. The molecule has 1 amide bonds. The molecule has 0 saturated heterocycles. The van der Waals surface area contributed by atoms with E-state index in [4.69, 9.17) is 16.2 Å². The highest BCUT2D eigenvalue weighted by Crippen LogP contribution is 2.23. The lowest BCUT2D eigenvalue weighted by Gasteiger charge is -2.01. The van der Waals surface area contributed by atoms with E-state index in [1.165, 1.54) is 11.0 Å². The number of carbonyl (C=O) groups excluding carboxylic acids is 1. The highest BCUT2D eigenvalue weighted by Gasteiger charge is 2.08. The number of nitrogens with two attached hydrogens (primary N) is 2. The lowest BCUT2D eigenvalue weighted by Crippen LogP contribution is -2.16. The van der Waals surface area contributed by atoms with Gasteiger partial charge in [0, 0.05) is 5.56 Å². The first-order valence-electron chi connectivity index (χ1n) is 5.68. The van der Waals surface area contributed by atoms with Crippen LogP contribution < -0.4 is 16.2 Å². The van der Waals surface area contributed by atoms with E-state index in [0.29, 0.717) is 22.8 Å². The van der Waals surface area contributed by atoms with Crippen LogP contribution in [-0.2, 0) is 0 Å². The van der Waals surface area contributed by atoms with Crippen LogP contribution in [-0.4, -0.2) is 25.9 Å². The molecular formula is C12H10N6O2. The molecule has 3 aromatic rings. The molecule has 0 aliphatic heterocycles. The minimum Gasteiger partial charge on any atom is -0.411 e. The van der Waals surface area contributed by atoms with Gasteiger partial charge in [-0.25, -0.2) is 9.78 Å². The Labute approximate surface area is 113 Å². The van der Waals surface area contributed by atoms with Crippen LogP contribution in [0.2, 0.25) is 0 Å². The van der Waals surface area contributed by atoms with Crippen molar-refractivity contribution in [3.63, 3.8) is 0 Å². The zero-order valence-electron chi connectivity index (χ0n) is 10.2. The second-order valence-corrected chi connectivity index (χ2v) is 4.00. The first-order valence-corrected chi connectivity index (χ1v) is 5.68. The molecule has 2 aromatic heterocycles. The number of primary amides is 1. The number of ether oxygens (including phenoxy) is 1. The van der Waals surface area contributed by atoms with Gasteiger partial charge in [-0.05, 0) is 30.3 Å². The van der Waals surface area contributed by atoms with E-state index in [-0.39, 0.29) is 0 Å². The standard InChI is InChI=1S/C12H10N6O2/c13-11-10-5-9(17-18(10)16-6-15-11)7-1-3-8(4-2-7)20-12(14)19/h1-6H,(H2,14,19)(H2,13,15,16). The SMILES string of the molecule is NC(=O)Oc1ccc(-c2cc3c(N)ncnn3n2)cc1. The molecule has 100 valence electrons. The second kappa shape index (κ2) is 4.50. The van der Waals surface area contributed by atoms with Crippen LogP contribution in [0.5, 0.6) is 5.75 Å². The molecule has 0 aliphatic rings. The van der Waals surface area contributed by atoms with Crippen molar-refractivity contribution in [3.8, 4) is 17.0 Å². The van der Waals surface area contributed by atoms with Gasteiger partial charge >= 0.3 is 6.09 Å². The van der Waals surface area contributed by atoms with Crippen LogP contribution >= 0.6 is 0 Å². The van der Waals surface area contributed by atoms with Crippen molar-refractivity contribution in [2.24, 2.45) is 5.73 Å². The van der Waals surface area contributed by atoms with Gasteiger partial charge in [0.1, 0.15) is 17.6 Å². The van der Waals surface area contributed by atoms with E-state index in [1.807, 2.05) is 0 Å². The molecule has 4 N–H and O–H groups in total. The Morgan fingerprint density at radius 2 is 2.00 bits per heavy atom. The van der Waals surface area contributed by atoms with Crippen molar-refractivity contribution < 1.29 is 9.53 Å². The number of aromatic nitrogens is 4. The first-order chi connectivity index (χ1) is 9.63. The Morgan fingerprint density at radius 1 is 1.25 bits per heavy atom. The molecule has 0 unspecified atom stereocenters. The number of anilines is 1. The Morgan fingerprint density at radius 3 is 2.65 bits per heavy atom. The number of fused-ring (bicyclic) bond motifs is 1. The number of nitrogens with zero attached hydrogens (tertiary/aromatic N) is 4. The highest BCUT2D eigenvalue weighted by molar-refractivity contribution is 5.73. The van der Waals surface area contributed by atoms with Gasteiger partial charge in [0.25, 0.3) is 0 Å². The maximum absolute atomic E-state index is 10.6. The Balaban J connectivity index is 1.98. The largest absolute Gasteiger partial charge is 0.411 e. The van der Waals surface area contributed by atoms with Crippen LogP contribution in [0.3, 0.4) is 0 Å². The number of rotatable bonds is 2. The monoisotopic (exact) mass is 270 g/mol. The van der Waals surface area contributed by atoms with Crippen LogP contribution in [0.25, 0.3) is 16.8 Å². The van der Waals surface area contributed by atoms with Gasteiger partial charge in [-0.1, -0.05) is 0 Å². The summed E-state index contributed by atoms with van der Waals surface area (Å²) in [5.41, 5.74) is 12.8. The summed E-state index contributed by atoms with van der Waals surface area (Å²) in [5, 5.41) is 8.26. The maximum Gasteiger partial charge on any atom is 0.409 e. The summed E-state index contributed by atoms with van der Waals surface area (Å²) in [5.74, 6) is 0.719. The Kier molecular flexibility index (Phi) is 2.68. The molecule has 0 spiro atoms. The third-order valence-corrected chi connectivity index (χ3v) is 2.68. The summed E-state index contributed by atoms with van der Waals surface area (Å²) < 4.78 is 6.16. The van der Waals surface area contributed by atoms with Crippen molar-refractivity contribution in [2.75, 3.05) is 5.73 Å². The quantitative estimate of drug-likeness (QED) is 0.711. The zero-order valence-corrected chi connectivity index (χ0v) is 10.2. The molecule has 0 saturated carbocycles. The van der Waals surface area contributed by atoms with Crippen LogP contribution in [0.1, 0.15) is 0 Å². The summed E-state index contributed by atoms with van der Waals surface area (Å²) in [4.78, 5) is 14.5. The lowest BCUT2D eigenvalue weighted by molar-refractivity contribution is 0.211. The van der Waals surface area contributed by atoms with Gasteiger partial charge in [-0.2, -0.15) is 0 Å². The molecule has 1 aromatic carbocycles. The molecule has 0 bridgehead atoms. The average molecular weight is 270 g/mol. The van der Waals surface area contributed by atoms with Gasteiger partial charge in [-0.15, -0.1) is 14.8 Å². The third kappa shape index (κ3) is 2.09. The molecule has 20 heavy (non-hydrogen) atoms. The molecule has 0 aliphatic carbocycles. The number of hydrogen-bond acceptors (Lipinski definition) is 6. The van der Waals surface area contributed by atoms with Gasteiger partial charge < -0.3 is 16.2 Å². The maximum atomic E-state index is 10.6. The number of carbonyl (C=O) groups is 1. The van der Waals surface area contributed by atoms with Crippen molar-refractivity contribution >= 4 is 17.4 Å². The minimum atomic E-state index is -0.853. The van der Waals surface area contributed by atoms with E-state index < -0.39 is 6.09 Å². The molecule has 0 radical (unpaired) electrons.